The summed E-state index contributed by atoms with van der Waals surface area (Å²) in [5.74, 6) is -1.33. The highest BCUT2D eigenvalue weighted by Crippen LogP contribution is 2.29. The Bertz CT molecular complexity index is 835. The van der Waals surface area contributed by atoms with Crippen LogP contribution < -0.4 is 9.62 Å². The quantitative estimate of drug-likeness (QED) is 0.327. The number of nitrogens with one attached hydrogen (secondary N) is 1. The van der Waals surface area contributed by atoms with Gasteiger partial charge in [0, 0.05) is 33.3 Å². The number of anilines is 1. The van der Waals surface area contributed by atoms with Crippen LogP contribution in [-0.4, -0.2) is 70.5 Å². The molecule has 1 N–H and O–H groups in total. The summed E-state index contributed by atoms with van der Waals surface area (Å²) in [6, 6.07) is 3.40. The number of nitrogens with zero attached hydrogens (tertiary/aromatic N) is 3. The Morgan fingerprint density at radius 1 is 1.21 bits per heavy atom. The Labute approximate surface area is 163 Å². The van der Waals surface area contributed by atoms with Gasteiger partial charge in [0.2, 0.25) is 10.0 Å². The van der Waals surface area contributed by atoms with E-state index in [2.05, 4.69) is 0 Å². The summed E-state index contributed by atoms with van der Waals surface area (Å²) in [5, 5.41) is 11.2. The number of nitro benzene ring substituents is 1. The predicted octanol–water partition coefficient (Wildman–Crippen LogP) is 0.351. The minimum atomic E-state index is -4.19. The first-order chi connectivity index (χ1) is 13.0. The van der Waals surface area contributed by atoms with Gasteiger partial charge in [-0.1, -0.05) is 0 Å². The molecule has 0 atom stereocenters. The second-order valence-corrected chi connectivity index (χ2v) is 7.62. The third-order valence-electron chi connectivity index (χ3n) is 3.81. The summed E-state index contributed by atoms with van der Waals surface area (Å²) in [4.78, 5) is 36.5. The maximum Gasteiger partial charge on any atom is 0.321 e. The predicted molar refractivity (Wildman–Crippen MR) is 101 cm³/mol. The minimum absolute atomic E-state index is 0.235. The number of hydrogen-bond acceptors (Lipinski definition) is 8. The first kappa shape index (κ1) is 23.3. The fourth-order valence-electron chi connectivity index (χ4n) is 2.29. The number of benzene rings is 1. The molecule has 1 aromatic rings. The molecule has 0 bridgehead atoms. The van der Waals surface area contributed by atoms with Crippen molar-refractivity contribution in [3.8, 4) is 0 Å². The first-order valence-electron chi connectivity index (χ1n) is 8.42. The van der Waals surface area contributed by atoms with Crippen LogP contribution in [0.25, 0.3) is 0 Å². The van der Waals surface area contributed by atoms with Gasteiger partial charge >= 0.3 is 5.97 Å². The molecule has 0 saturated carbocycles. The van der Waals surface area contributed by atoms with Crippen molar-refractivity contribution < 1.29 is 27.7 Å². The number of amides is 1. The molecule has 0 saturated heterocycles. The zero-order valence-electron chi connectivity index (χ0n) is 16.2. The molecule has 0 aliphatic rings. The number of nitro groups is 1. The summed E-state index contributed by atoms with van der Waals surface area (Å²) in [6.07, 6.45) is 0. The molecule has 0 aromatic heterocycles. The normalized spacial score (nSPS) is 11.0. The summed E-state index contributed by atoms with van der Waals surface area (Å²) in [5.41, 5.74) is -0.154. The fraction of sp³-hybridized carbons (Fsp3) is 0.500. The first-order valence-corrected chi connectivity index (χ1v) is 9.90. The Morgan fingerprint density at radius 3 is 2.32 bits per heavy atom. The lowest BCUT2D eigenvalue weighted by molar-refractivity contribution is -0.384. The van der Waals surface area contributed by atoms with Crippen LogP contribution in [0.2, 0.25) is 0 Å². The molecule has 1 rings (SSSR count). The van der Waals surface area contributed by atoms with E-state index in [-0.39, 0.29) is 16.3 Å². The average Bonchev–Trinajstić information content (AvgIpc) is 2.65. The summed E-state index contributed by atoms with van der Waals surface area (Å²) in [7, 11) is -1.01. The lowest BCUT2D eigenvalue weighted by atomic mass is 10.2. The SMILES string of the molecule is CCN(CC)C(=O)COC(=O)CNS(=O)(=O)c1ccc(N(C)C)c([N+](=O)[O-])c1. The Hall–Kier alpha value is -2.73. The van der Waals surface area contributed by atoms with E-state index in [1.807, 2.05) is 4.72 Å². The molecule has 0 spiro atoms. The standard InChI is InChI=1S/C16H24N4O7S/c1-5-19(6-2)15(21)11-27-16(22)10-17-28(25,26)12-7-8-13(18(3)4)14(9-12)20(23)24/h7-9,17H,5-6,10-11H2,1-4H3. The van der Waals surface area contributed by atoms with Gasteiger partial charge in [-0.25, -0.2) is 8.42 Å². The lowest BCUT2D eigenvalue weighted by Crippen LogP contribution is -2.36. The van der Waals surface area contributed by atoms with Gasteiger partial charge in [-0.15, -0.1) is 0 Å². The molecule has 1 amide bonds. The van der Waals surface area contributed by atoms with E-state index in [0.717, 1.165) is 6.07 Å². The van der Waals surface area contributed by atoms with E-state index < -0.39 is 40.0 Å². The van der Waals surface area contributed by atoms with Crippen molar-refractivity contribution in [2.75, 3.05) is 45.2 Å². The second kappa shape index (κ2) is 9.99. The Balaban J connectivity index is 2.79. The molecule has 11 nitrogen and oxygen atoms in total. The van der Waals surface area contributed by atoms with Crippen molar-refractivity contribution in [3.05, 3.63) is 28.3 Å². The molecule has 0 aliphatic heterocycles. The molecule has 28 heavy (non-hydrogen) atoms. The number of carbonyl (C=O) groups excluding carboxylic acids is 2. The van der Waals surface area contributed by atoms with Crippen LogP contribution in [-0.2, 0) is 24.3 Å². The maximum absolute atomic E-state index is 12.3. The van der Waals surface area contributed by atoms with E-state index >= 15 is 0 Å². The van der Waals surface area contributed by atoms with E-state index in [4.69, 9.17) is 4.74 Å². The van der Waals surface area contributed by atoms with Gasteiger partial charge in [0.15, 0.2) is 6.61 Å². The van der Waals surface area contributed by atoms with E-state index in [9.17, 15) is 28.1 Å². The topological polar surface area (TPSA) is 139 Å². The highest BCUT2D eigenvalue weighted by Gasteiger charge is 2.23. The van der Waals surface area contributed by atoms with Crippen molar-refractivity contribution in [3.63, 3.8) is 0 Å². The van der Waals surface area contributed by atoms with Crippen molar-refractivity contribution in [1.82, 2.24) is 9.62 Å². The summed E-state index contributed by atoms with van der Waals surface area (Å²) >= 11 is 0. The van der Waals surface area contributed by atoms with Crippen LogP contribution in [0.3, 0.4) is 0 Å². The van der Waals surface area contributed by atoms with Gasteiger partial charge in [-0.05, 0) is 26.0 Å². The van der Waals surface area contributed by atoms with Gasteiger partial charge in [0.1, 0.15) is 12.2 Å². The van der Waals surface area contributed by atoms with Crippen molar-refractivity contribution in [2.24, 2.45) is 0 Å². The van der Waals surface area contributed by atoms with Crippen molar-refractivity contribution in [2.45, 2.75) is 18.7 Å². The van der Waals surface area contributed by atoms with E-state index in [0.29, 0.717) is 13.1 Å². The van der Waals surface area contributed by atoms with Crippen LogP contribution in [0.4, 0.5) is 11.4 Å². The summed E-state index contributed by atoms with van der Waals surface area (Å²) in [6.45, 7) is 3.26. The maximum atomic E-state index is 12.3. The molecule has 0 heterocycles. The zero-order chi connectivity index (χ0) is 21.5. The van der Waals surface area contributed by atoms with Gasteiger partial charge in [-0.3, -0.25) is 19.7 Å². The third kappa shape index (κ3) is 6.16. The number of likely N-dealkylation sites (N-methyl/N-ethyl adjacent to an activating group) is 1. The van der Waals surface area contributed by atoms with Crippen LogP contribution in [0, 0.1) is 10.1 Å². The van der Waals surface area contributed by atoms with Crippen LogP contribution in [0.15, 0.2) is 23.1 Å². The molecular weight excluding hydrogens is 392 g/mol. The van der Waals surface area contributed by atoms with Crippen LogP contribution in [0.1, 0.15) is 13.8 Å². The van der Waals surface area contributed by atoms with Gasteiger partial charge in [0.25, 0.3) is 11.6 Å². The number of carbonyl (C=O) groups is 2. The second-order valence-electron chi connectivity index (χ2n) is 5.85. The Morgan fingerprint density at radius 2 is 1.82 bits per heavy atom. The monoisotopic (exact) mass is 416 g/mol. The Kier molecular flexibility index (Phi) is 8.32. The zero-order valence-corrected chi connectivity index (χ0v) is 17.0. The molecule has 0 aliphatic carbocycles. The third-order valence-corrected chi connectivity index (χ3v) is 5.21. The average molecular weight is 416 g/mol. The van der Waals surface area contributed by atoms with Gasteiger partial charge < -0.3 is 14.5 Å². The highest BCUT2D eigenvalue weighted by atomic mass is 32.2. The van der Waals surface area contributed by atoms with Crippen molar-refractivity contribution in [1.29, 1.82) is 0 Å². The number of ether oxygens (including phenoxy) is 1. The molecule has 0 radical (unpaired) electrons. The smallest absolute Gasteiger partial charge is 0.321 e. The fourth-order valence-corrected chi connectivity index (χ4v) is 3.28. The molecular formula is C16H24N4O7S. The largest absolute Gasteiger partial charge is 0.455 e. The van der Waals surface area contributed by atoms with Crippen LogP contribution >= 0.6 is 0 Å². The minimum Gasteiger partial charge on any atom is -0.455 e. The van der Waals surface area contributed by atoms with E-state index in [1.165, 1.54) is 21.9 Å². The number of esters is 1. The molecule has 156 valence electrons. The molecule has 12 heteroatoms. The summed E-state index contributed by atoms with van der Waals surface area (Å²) < 4.78 is 31.4. The highest BCUT2D eigenvalue weighted by molar-refractivity contribution is 7.89. The lowest BCUT2D eigenvalue weighted by Gasteiger charge is -2.18. The van der Waals surface area contributed by atoms with Crippen molar-refractivity contribution >= 4 is 33.3 Å². The molecule has 0 unspecified atom stereocenters. The van der Waals surface area contributed by atoms with Crippen LogP contribution in [0.5, 0.6) is 0 Å². The molecule has 0 fully saturated rings. The number of hydrogen-bond donors (Lipinski definition) is 1. The molecule has 1 aromatic carbocycles. The number of sulfonamides is 1. The van der Waals surface area contributed by atoms with Gasteiger partial charge in [0.05, 0.1) is 9.82 Å². The van der Waals surface area contributed by atoms with Gasteiger partial charge in [-0.2, -0.15) is 4.72 Å². The number of rotatable bonds is 10. The van der Waals surface area contributed by atoms with E-state index in [1.54, 1.807) is 27.9 Å².